The average molecular weight is 323 g/mol. The number of hydrogen-bond acceptors (Lipinski definition) is 6. The second-order valence-electron chi connectivity index (χ2n) is 5.62. The molecule has 0 spiro atoms. The molecule has 0 bridgehead atoms. The smallest absolute Gasteiger partial charge is 0.311 e. The third-order valence-electron chi connectivity index (χ3n) is 3.87. The van der Waals surface area contributed by atoms with Crippen molar-refractivity contribution in [3.63, 3.8) is 0 Å². The van der Waals surface area contributed by atoms with Gasteiger partial charge in [-0.1, -0.05) is 12.1 Å². The van der Waals surface area contributed by atoms with Crippen LogP contribution < -0.4 is 4.18 Å². The van der Waals surface area contributed by atoms with Crippen LogP contribution in [0.2, 0.25) is 0 Å². The second kappa shape index (κ2) is 6.24. The lowest BCUT2D eigenvalue weighted by Gasteiger charge is -2.13. The molecule has 0 radical (unpaired) electrons. The molecule has 2 saturated heterocycles. The van der Waals surface area contributed by atoms with E-state index in [1.54, 1.807) is 24.3 Å². The molecule has 1 aromatic rings. The largest absolute Gasteiger partial charge is 0.382 e. The minimum absolute atomic E-state index is 0.0131. The van der Waals surface area contributed by atoms with E-state index in [0.717, 1.165) is 5.56 Å². The number of benzene rings is 1. The lowest BCUT2D eigenvalue weighted by atomic mass is 10.0. The SMILES string of the molecule is N#CCc1cccc(OS(=O)(=O)C[C@@H]2C[C@H]3COC[C@@H]3O2)c1. The first-order valence-electron chi connectivity index (χ1n) is 7.17. The molecule has 2 fully saturated rings. The number of fused-ring (bicyclic) bond motifs is 1. The molecule has 0 amide bonds. The predicted molar refractivity (Wildman–Crippen MR) is 77.8 cm³/mol. The van der Waals surface area contributed by atoms with Crippen LogP contribution in [0.3, 0.4) is 0 Å². The van der Waals surface area contributed by atoms with Crippen molar-refractivity contribution < 1.29 is 22.1 Å². The van der Waals surface area contributed by atoms with Crippen molar-refractivity contribution >= 4 is 10.1 Å². The first-order valence-corrected chi connectivity index (χ1v) is 8.75. The topological polar surface area (TPSA) is 85.6 Å². The molecule has 2 aliphatic heterocycles. The summed E-state index contributed by atoms with van der Waals surface area (Å²) in [4.78, 5) is 0. The van der Waals surface area contributed by atoms with Crippen LogP contribution in [-0.2, 0) is 26.0 Å². The minimum Gasteiger partial charge on any atom is -0.382 e. The molecule has 0 saturated carbocycles. The van der Waals surface area contributed by atoms with Gasteiger partial charge in [0.25, 0.3) is 0 Å². The normalized spacial score (nSPS) is 27.3. The van der Waals surface area contributed by atoms with Crippen LogP contribution >= 0.6 is 0 Å². The zero-order valence-corrected chi connectivity index (χ0v) is 12.8. The highest BCUT2D eigenvalue weighted by atomic mass is 32.2. The van der Waals surface area contributed by atoms with E-state index >= 15 is 0 Å². The van der Waals surface area contributed by atoms with E-state index in [1.165, 1.54) is 0 Å². The van der Waals surface area contributed by atoms with Crippen molar-refractivity contribution in [3.05, 3.63) is 29.8 Å². The monoisotopic (exact) mass is 323 g/mol. The van der Waals surface area contributed by atoms with Gasteiger partial charge in [-0.25, -0.2) is 0 Å². The van der Waals surface area contributed by atoms with Gasteiger partial charge in [-0.2, -0.15) is 13.7 Å². The fraction of sp³-hybridized carbons (Fsp3) is 0.533. The Bertz CT molecular complexity index is 669. The Labute approximate surface area is 129 Å². The van der Waals surface area contributed by atoms with Crippen LogP contribution in [0.15, 0.2) is 24.3 Å². The molecule has 22 heavy (non-hydrogen) atoms. The maximum Gasteiger partial charge on any atom is 0.311 e. The summed E-state index contributed by atoms with van der Waals surface area (Å²) in [6, 6.07) is 8.58. The van der Waals surface area contributed by atoms with Crippen molar-refractivity contribution in [1.29, 1.82) is 5.26 Å². The van der Waals surface area contributed by atoms with Crippen molar-refractivity contribution in [2.75, 3.05) is 19.0 Å². The van der Waals surface area contributed by atoms with E-state index < -0.39 is 10.1 Å². The molecule has 3 rings (SSSR count). The lowest BCUT2D eigenvalue weighted by molar-refractivity contribution is 0.0295. The summed E-state index contributed by atoms with van der Waals surface area (Å²) in [5.41, 5.74) is 0.721. The molecule has 118 valence electrons. The van der Waals surface area contributed by atoms with E-state index in [0.29, 0.717) is 25.6 Å². The van der Waals surface area contributed by atoms with Gasteiger partial charge in [0.1, 0.15) is 11.5 Å². The maximum atomic E-state index is 12.1. The third kappa shape index (κ3) is 3.58. The molecular weight excluding hydrogens is 306 g/mol. The Kier molecular flexibility index (Phi) is 4.34. The van der Waals surface area contributed by atoms with Crippen LogP contribution in [0.5, 0.6) is 5.75 Å². The van der Waals surface area contributed by atoms with Crippen molar-refractivity contribution in [3.8, 4) is 11.8 Å². The van der Waals surface area contributed by atoms with Gasteiger partial charge in [-0.05, 0) is 24.1 Å². The number of nitriles is 1. The zero-order valence-electron chi connectivity index (χ0n) is 12.0. The van der Waals surface area contributed by atoms with Gasteiger partial charge in [-0.3, -0.25) is 0 Å². The van der Waals surface area contributed by atoms with Crippen LogP contribution in [0.25, 0.3) is 0 Å². The summed E-state index contributed by atoms with van der Waals surface area (Å²) < 4.78 is 40.4. The van der Waals surface area contributed by atoms with E-state index in [2.05, 4.69) is 0 Å². The van der Waals surface area contributed by atoms with E-state index in [4.69, 9.17) is 18.9 Å². The Morgan fingerprint density at radius 3 is 3.00 bits per heavy atom. The molecule has 2 aliphatic rings. The summed E-state index contributed by atoms with van der Waals surface area (Å²) >= 11 is 0. The summed E-state index contributed by atoms with van der Waals surface area (Å²) in [6.45, 7) is 1.18. The highest BCUT2D eigenvalue weighted by Gasteiger charge is 2.41. The van der Waals surface area contributed by atoms with Crippen LogP contribution in [-0.4, -0.2) is 39.6 Å². The molecule has 6 nitrogen and oxygen atoms in total. The quantitative estimate of drug-likeness (QED) is 0.759. The van der Waals surface area contributed by atoms with E-state index in [-0.39, 0.29) is 30.1 Å². The third-order valence-corrected chi connectivity index (χ3v) is 5.09. The van der Waals surface area contributed by atoms with Gasteiger partial charge in [-0.15, -0.1) is 0 Å². The highest BCUT2D eigenvalue weighted by Crippen LogP contribution is 2.32. The van der Waals surface area contributed by atoms with Crippen molar-refractivity contribution in [2.45, 2.75) is 25.0 Å². The lowest BCUT2D eigenvalue weighted by Crippen LogP contribution is -2.25. The average Bonchev–Trinajstić information content (AvgIpc) is 2.99. The second-order valence-corrected chi connectivity index (χ2v) is 7.24. The molecule has 0 unspecified atom stereocenters. The predicted octanol–water partition coefficient (Wildman–Crippen LogP) is 1.27. The van der Waals surface area contributed by atoms with Gasteiger partial charge in [0, 0.05) is 5.92 Å². The summed E-state index contributed by atoms with van der Waals surface area (Å²) in [5.74, 6) is 0.357. The number of rotatable bonds is 5. The molecule has 2 heterocycles. The number of ether oxygens (including phenoxy) is 2. The van der Waals surface area contributed by atoms with Crippen molar-refractivity contribution in [2.24, 2.45) is 5.92 Å². The number of hydrogen-bond donors (Lipinski definition) is 0. The summed E-state index contributed by atoms with van der Waals surface area (Å²) in [6.07, 6.45) is 0.569. The first-order chi connectivity index (χ1) is 10.6. The molecule has 0 aliphatic carbocycles. The van der Waals surface area contributed by atoms with Crippen LogP contribution in [0, 0.1) is 17.2 Å². The van der Waals surface area contributed by atoms with Gasteiger partial charge in [0.15, 0.2) is 0 Å². The molecule has 0 N–H and O–H groups in total. The maximum absolute atomic E-state index is 12.1. The molecule has 0 aromatic heterocycles. The minimum atomic E-state index is -3.73. The summed E-state index contributed by atoms with van der Waals surface area (Å²) in [7, 11) is -3.73. The van der Waals surface area contributed by atoms with Gasteiger partial charge in [0.2, 0.25) is 0 Å². The Morgan fingerprint density at radius 2 is 2.23 bits per heavy atom. The van der Waals surface area contributed by atoms with E-state index in [1.807, 2.05) is 6.07 Å². The van der Waals surface area contributed by atoms with Crippen LogP contribution in [0.4, 0.5) is 0 Å². The summed E-state index contributed by atoms with van der Waals surface area (Å²) in [5, 5.41) is 8.68. The molecular formula is C15H17NO5S. The Hall–Kier alpha value is -1.62. The van der Waals surface area contributed by atoms with Gasteiger partial charge in [0.05, 0.1) is 37.9 Å². The molecule has 1 aromatic carbocycles. The first kappa shape index (κ1) is 15.3. The van der Waals surface area contributed by atoms with Gasteiger partial charge >= 0.3 is 10.1 Å². The fourth-order valence-corrected chi connectivity index (χ4v) is 4.04. The molecule has 3 atom stereocenters. The standard InChI is InChI=1S/C15H17NO5S/c16-5-4-11-2-1-3-13(6-11)21-22(17,18)10-14-7-12-8-19-9-15(12)20-14/h1-3,6,12,14-15H,4,7-10H2/t12-,14-,15-/m0/s1. The number of nitrogens with zero attached hydrogens (tertiary/aromatic N) is 1. The molecule has 7 heteroatoms. The Morgan fingerprint density at radius 1 is 1.36 bits per heavy atom. The van der Waals surface area contributed by atoms with Crippen LogP contribution in [0.1, 0.15) is 12.0 Å². The fourth-order valence-electron chi connectivity index (χ4n) is 2.90. The van der Waals surface area contributed by atoms with Gasteiger partial charge < -0.3 is 13.7 Å². The highest BCUT2D eigenvalue weighted by molar-refractivity contribution is 7.87. The Balaban J connectivity index is 1.61. The van der Waals surface area contributed by atoms with E-state index in [9.17, 15) is 8.42 Å². The zero-order chi connectivity index (χ0) is 15.6. The van der Waals surface area contributed by atoms with Crippen molar-refractivity contribution in [1.82, 2.24) is 0 Å².